The standard InChI is InChI=1S/C20H17FN2O.C13H12N2O.C7H7F/c21-17-8-2-1-5-14(17)10-11-16-13-19(24)23(16)18-9-3-6-15-7-4-12-22-20(15)18;1-2-5-12(16)15-11-8-3-6-10-7-4-9-14-13(10)11;1-6-4-2-3-5-7(6)8/h1-9,12,16H,10-11,13H2;2-4,6-9H,1,5H2,(H,15,16);2-5H,1H3. The van der Waals surface area contributed by atoms with Gasteiger partial charge in [-0.2, -0.15) is 0 Å². The van der Waals surface area contributed by atoms with Gasteiger partial charge in [0, 0.05) is 42.0 Å². The first kappa shape index (κ1) is 33.6. The average molecular weight is 643 g/mol. The number of amides is 2. The lowest BCUT2D eigenvalue weighted by molar-refractivity contribution is -0.124. The maximum absolute atomic E-state index is 13.8. The van der Waals surface area contributed by atoms with Gasteiger partial charge in [-0.1, -0.05) is 78.9 Å². The number of hydrogen-bond donors (Lipinski definition) is 1. The smallest absolute Gasteiger partial charge is 0.229 e. The van der Waals surface area contributed by atoms with Crippen molar-refractivity contribution in [3.63, 3.8) is 0 Å². The average Bonchev–Trinajstić information content (AvgIpc) is 3.09. The van der Waals surface area contributed by atoms with E-state index in [1.54, 1.807) is 49.7 Å². The summed E-state index contributed by atoms with van der Waals surface area (Å²) in [5, 5.41) is 4.84. The van der Waals surface area contributed by atoms with Crippen LogP contribution >= 0.6 is 0 Å². The fraction of sp³-hybridized carbons (Fsp3) is 0.150. The van der Waals surface area contributed by atoms with Crippen molar-refractivity contribution < 1.29 is 18.4 Å². The maximum atomic E-state index is 13.8. The van der Waals surface area contributed by atoms with E-state index in [0.717, 1.165) is 39.6 Å². The van der Waals surface area contributed by atoms with Gasteiger partial charge >= 0.3 is 0 Å². The molecule has 1 aliphatic heterocycles. The fourth-order valence-corrected chi connectivity index (χ4v) is 5.44. The molecule has 7 rings (SSSR count). The Morgan fingerprint density at radius 3 is 2.10 bits per heavy atom. The normalized spacial score (nSPS) is 13.4. The maximum Gasteiger partial charge on any atom is 0.229 e. The quantitative estimate of drug-likeness (QED) is 0.139. The highest BCUT2D eigenvalue weighted by Crippen LogP contribution is 2.34. The zero-order valence-corrected chi connectivity index (χ0v) is 26.7. The number of nitrogens with zero attached hydrogens (tertiary/aromatic N) is 3. The van der Waals surface area contributed by atoms with Gasteiger partial charge in [-0.25, -0.2) is 8.78 Å². The van der Waals surface area contributed by atoms with Crippen LogP contribution in [0.25, 0.3) is 21.8 Å². The third kappa shape index (κ3) is 8.33. The van der Waals surface area contributed by atoms with Crippen LogP contribution in [-0.2, 0) is 16.0 Å². The Morgan fingerprint density at radius 2 is 1.46 bits per heavy atom. The number of para-hydroxylation sites is 2. The lowest BCUT2D eigenvalue weighted by Gasteiger charge is -2.41. The van der Waals surface area contributed by atoms with E-state index in [9.17, 15) is 18.4 Å². The SMILES string of the molecule is C=CCC(=O)Nc1cccc2cccnc12.Cc1ccccc1F.O=C1CC(CCc2ccccc2F)N1c1cccc2cccnc12. The first-order valence-electron chi connectivity index (χ1n) is 15.7. The molecule has 0 bridgehead atoms. The summed E-state index contributed by atoms with van der Waals surface area (Å²) in [6, 6.07) is 32.9. The Morgan fingerprint density at radius 1 is 0.833 bits per heavy atom. The molecule has 0 saturated carbocycles. The number of β-lactam (4-membered cyclic amide) rings is 1. The van der Waals surface area contributed by atoms with Crippen molar-refractivity contribution in [3.05, 3.63) is 157 Å². The van der Waals surface area contributed by atoms with Crippen LogP contribution in [-0.4, -0.2) is 27.8 Å². The Bertz CT molecular complexity index is 2020. The number of carbonyl (C=O) groups excluding carboxylic acids is 2. The highest BCUT2D eigenvalue weighted by Gasteiger charge is 2.37. The molecule has 6 aromatic rings. The molecule has 1 unspecified atom stereocenters. The molecule has 1 N–H and O–H groups in total. The van der Waals surface area contributed by atoms with Crippen LogP contribution in [0.15, 0.2) is 134 Å². The van der Waals surface area contributed by atoms with Crippen LogP contribution in [0.5, 0.6) is 0 Å². The number of aromatic nitrogens is 2. The number of nitrogens with one attached hydrogen (secondary N) is 1. The monoisotopic (exact) mass is 642 g/mol. The number of hydrogen-bond acceptors (Lipinski definition) is 4. The van der Waals surface area contributed by atoms with E-state index >= 15 is 0 Å². The van der Waals surface area contributed by atoms with E-state index in [2.05, 4.69) is 21.9 Å². The summed E-state index contributed by atoms with van der Waals surface area (Å²) in [4.78, 5) is 34.1. The van der Waals surface area contributed by atoms with Gasteiger partial charge in [-0.05, 0) is 67.3 Å². The number of fused-ring (bicyclic) bond motifs is 2. The van der Waals surface area contributed by atoms with Gasteiger partial charge in [0.15, 0.2) is 0 Å². The molecular formula is C40H36F2N4O2. The zero-order valence-electron chi connectivity index (χ0n) is 26.7. The van der Waals surface area contributed by atoms with Gasteiger partial charge < -0.3 is 10.2 Å². The molecule has 4 aromatic carbocycles. The van der Waals surface area contributed by atoms with E-state index in [1.165, 1.54) is 12.1 Å². The van der Waals surface area contributed by atoms with Gasteiger partial charge in [-0.15, -0.1) is 6.58 Å². The van der Waals surface area contributed by atoms with E-state index in [4.69, 9.17) is 0 Å². The topological polar surface area (TPSA) is 75.2 Å². The molecule has 2 amide bonds. The van der Waals surface area contributed by atoms with E-state index in [-0.39, 0.29) is 29.5 Å². The first-order valence-corrected chi connectivity index (χ1v) is 15.7. The van der Waals surface area contributed by atoms with E-state index < -0.39 is 0 Å². The molecule has 2 aromatic heterocycles. The summed E-state index contributed by atoms with van der Waals surface area (Å²) < 4.78 is 26.1. The molecule has 1 fully saturated rings. The Kier molecular flexibility index (Phi) is 11.3. The predicted octanol–water partition coefficient (Wildman–Crippen LogP) is 9.00. The van der Waals surface area contributed by atoms with Gasteiger partial charge in [0.2, 0.25) is 11.8 Å². The number of anilines is 2. The minimum atomic E-state index is -0.179. The van der Waals surface area contributed by atoms with Crippen LogP contribution in [0.3, 0.4) is 0 Å². The van der Waals surface area contributed by atoms with Gasteiger partial charge in [0.1, 0.15) is 11.6 Å². The lowest BCUT2D eigenvalue weighted by Crippen LogP contribution is -2.53. The van der Waals surface area contributed by atoms with Crippen molar-refractivity contribution in [2.75, 3.05) is 10.2 Å². The summed E-state index contributed by atoms with van der Waals surface area (Å²) in [6.45, 7) is 5.27. The number of aryl methyl sites for hydroxylation is 2. The molecule has 0 aliphatic carbocycles. The zero-order chi connectivity index (χ0) is 33.9. The molecular weight excluding hydrogens is 606 g/mol. The number of benzene rings is 4. The molecule has 1 atom stereocenters. The molecule has 3 heterocycles. The molecule has 242 valence electrons. The summed E-state index contributed by atoms with van der Waals surface area (Å²) in [5.41, 5.74) is 4.64. The second-order valence-electron chi connectivity index (χ2n) is 11.3. The van der Waals surface area contributed by atoms with Gasteiger partial charge in [0.05, 0.1) is 22.4 Å². The van der Waals surface area contributed by atoms with Crippen molar-refractivity contribution >= 4 is 45.0 Å². The predicted molar refractivity (Wildman–Crippen MR) is 189 cm³/mol. The summed E-state index contributed by atoms with van der Waals surface area (Å²) in [6.07, 6.45) is 7.22. The molecule has 0 radical (unpaired) electrons. The second kappa shape index (κ2) is 16.2. The largest absolute Gasteiger partial charge is 0.324 e. The van der Waals surface area contributed by atoms with Crippen molar-refractivity contribution in [2.45, 2.75) is 38.6 Å². The highest BCUT2D eigenvalue weighted by atomic mass is 19.1. The summed E-state index contributed by atoms with van der Waals surface area (Å²) >= 11 is 0. The van der Waals surface area contributed by atoms with Crippen molar-refractivity contribution in [2.24, 2.45) is 0 Å². The molecule has 1 aliphatic rings. The van der Waals surface area contributed by atoms with E-state index in [0.29, 0.717) is 30.4 Å². The van der Waals surface area contributed by atoms with Crippen LogP contribution < -0.4 is 10.2 Å². The van der Waals surface area contributed by atoms with Crippen LogP contribution in [0.2, 0.25) is 0 Å². The first-order chi connectivity index (χ1) is 23.4. The van der Waals surface area contributed by atoms with Crippen LogP contribution in [0, 0.1) is 18.6 Å². The van der Waals surface area contributed by atoms with Crippen LogP contribution in [0.4, 0.5) is 20.2 Å². The fourth-order valence-electron chi connectivity index (χ4n) is 5.44. The minimum Gasteiger partial charge on any atom is -0.324 e. The van der Waals surface area contributed by atoms with Gasteiger partial charge in [-0.3, -0.25) is 19.6 Å². The Labute approximate surface area is 278 Å². The Balaban J connectivity index is 0.000000161. The Hall–Kier alpha value is -5.76. The minimum absolute atomic E-state index is 0.0758. The summed E-state index contributed by atoms with van der Waals surface area (Å²) in [5.74, 6) is -0.283. The van der Waals surface area contributed by atoms with E-state index in [1.807, 2.05) is 77.7 Å². The second-order valence-corrected chi connectivity index (χ2v) is 11.3. The van der Waals surface area contributed by atoms with Crippen molar-refractivity contribution in [1.82, 2.24) is 9.97 Å². The van der Waals surface area contributed by atoms with Crippen LogP contribution in [0.1, 0.15) is 30.4 Å². The number of carbonyl (C=O) groups is 2. The molecule has 48 heavy (non-hydrogen) atoms. The highest BCUT2D eigenvalue weighted by molar-refractivity contribution is 6.07. The van der Waals surface area contributed by atoms with Gasteiger partial charge in [0.25, 0.3) is 0 Å². The number of halogens is 2. The molecule has 1 saturated heterocycles. The lowest BCUT2D eigenvalue weighted by atomic mass is 9.93. The summed E-state index contributed by atoms with van der Waals surface area (Å²) in [7, 11) is 0. The molecule has 0 spiro atoms. The third-order valence-corrected chi connectivity index (χ3v) is 7.93. The van der Waals surface area contributed by atoms with Crippen molar-refractivity contribution in [1.29, 1.82) is 0 Å². The van der Waals surface area contributed by atoms with Crippen molar-refractivity contribution in [3.8, 4) is 0 Å². The third-order valence-electron chi connectivity index (χ3n) is 7.93. The molecule has 8 heteroatoms. The number of pyridine rings is 2. The molecule has 6 nitrogen and oxygen atoms in total. The number of rotatable bonds is 7.